The minimum absolute atomic E-state index is 0.111. The fraction of sp³-hybridized carbons (Fsp3) is 0.333. The summed E-state index contributed by atoms with van der Waals surface area (Å²) in [6, 6.07) is 2.79. The van der Waals surface area contributed by atoms with Crippen LogP contribution in [0.1, 0.15) is 23.7 Å². The molecule has 0 aliphatic carbocycles. The Morgan fingerprint density at radius 2 is 2.36 bits per heavy atom. The van der Waals surface area contributed by atoms with E-state index in [2.05, 4.69) is 4.98 Å². The first-order valence-corrected chi connectivity index (χ1v) is 4.48. The molecule has 0 unspecified atom stereocenters. The zero-order valence-electron chi connectivity index (χ0n) is 7.70. The van der Waals surface area contributed by atoms with E-state index in [1.54, 1.807) is 19.1 Å². The van der Waals surface area contributed by atoms with Crippen molar-refractivity contribution >= 4 is 17.6 Å². The smallest absolute Gasteiger partial charge is 0.305 e. The van der Waals surface area contributed by atoms with Crippen molar-refractivity contribution in [3.63, 3.8) is 0 Å². The first-order valence-electron chi connectivity index (χ1n) is 4.10. The number of carboxylic acid groups (broad SMARTS) is 1. The summed E-state index contributed by atoms with van der Waals surface area (Å²) in [5.41, 5.74) is 7.10. The van der Waals surface area contributed by atoms with Gasteiger partial charge in [0, 0.05) is 11.7 Å². The number of nitrogens with zero attached hydrogens (tertiary/aromatic N) is 1. The van der Waals surface area contributed by atoms with Gasteiger partial charge in [-0.15, -0.1) is 0 Å². The molecule has 0 aliphatic heterocycles. The summed E-state index contributed by atoms with van der Waals surface area (Å²) in [4.78, 5) is 14.4. The Balaban J connectivity index is 2.89. The lowest BCUT2D eigenvalue weighted by molar-refractivity contribution is -0.137. The van der Waals surface area contributed by atoms with Crippen LogP contribution in [0.2, 0.25) is 5.15 Å². The van der Waals surface area contributed by atoms with Gasteiger partial charge in [0.1, 0.15) is 5.15 Å². The van der Waals surface area contributed by atoms with E-state index in [1.807, 2.05) is 0 Å². The van der Waals surface area contributed by atoms with Crippen molar-refractivity contribution in [3.05, 3.63) is 28.5 Å². The SMILES string of the molecule is Cc1cc([C@H](N)CC(=O)O)cc(Cl)n1. The predicted octanol–water partition coefficient (Wildman–Crippen LogP) is 1.52. The van der Waals surface area contributed by atoms with Gasteiger partial charge in [0.2, 0.25) is 0 Å². The molecule has 14 heavy (non-hydrogen) atoms. The summed E-state index contributed by atoms with van der Waals surface area (Å²) < 4.78 is 0. The number of hydrogen-bond acceptors (Lipinski definition) is 3. The first-order chi connectivity index (χ1) is 6.49. The Bertz CT molecular complexity index is 334. The molecule has 4 nitrogen and oxygen atoms in total. The molecule has 0 saturated carbocycles. The van der Waals surface area contributed by atoms with E-state index < -0.39 is 12.0 Å². The van der Waals surface area contributed by atoms with E-state index in [9.17, 15) is 4.79 Å². The normalized spacial score (nSPS) is 12.5. The summed E-state index contributed by atoms with van der Waals surface area (Å²) in [6.45, 7) is 1.78. The summed E-state index contributed by atoms with van der Waals surface area (Å²) in [5, 5.41) is 8.89. The lowest BCUT2D eigenvalue weighted by Crippen LogP contribution is -2.15. The number of pyridine rings is 1. The number of aliphatic carboxylic acids is 1. The molecular formula is C9H11ClN2O2. The van der Waals surface area contributed by atoms with Gasteiger partial charge in [0.15, 0.2) is 0 Å². The van der Waals surface area contributed by atoms with Crippen molar-refractivity contribution in [1.29, 1.82) is 0 Å². The fourth-order valence-corrected chi connectivity index (χ4v) is 1.43. The van der Waals surface area contributed by atoms with E-state index in [0.717, 1.165) is 5.69 Å². The second-order valence-corrected chi connectivity index (χ2v) is 3.46. The first kappa shape index (κ1) is 10.9. The van der Waals surface area contributed by atoms with Gasteiger partial charge in [-0.2, -0.15) is 0 Å². The largest absolute Gasteiger partial charge is 0.481 e. The molecule has 0 bridgehead atoms. The van der Waals surface area contributed by atoms with Crippen LogP contribution in [0.15, 0.2) is 12.1 Å². The maximum Gasteiger partial charge on any atom is 0.305 e. The van der Waals surface area contributed by atoms with E-state index in [-0.39, 0.29) is 6.42 Å². The Labute approximate surface area is 86.7 Å². The number of aryl methyl sites for hydroxylation is 1. The number of carbonyl (C=O) groups is 1. The molecule has 0 fully saturated rings. The number of carboxylic acids is 1. The second kappa shape index (κ2) is 4.39. The minimum Gasteiger partial charge on any atom is -0.481 e. The molecule has 5 heteroatoms. The van der Waals surface area contributed by atoms with E-state index in [0.29, 0.717) is 10.7 Å². The Morgan fingerprint density at radius 3 is 2.86 bits per heavy atom. The average Bonchev–Trinajstić information content (AvgIpc) is 2.00. The summed E-state index contributed by atoms with van der Waals surface area (Å²) >= 11 is 5.72. The number of halogens is 1. The molecule has 1 atom stereocenters. The van der Waals surface area contributed by atoms with E-state index >= 15 is 0 Å². The second-order valence-electron chi connectivity index (χ2n) is 3.07. The monoisotopic (exact) mass is 214 g/mol. The molecule has 0 saturated heterocycles. The number of rotatable bonds is 3. The molecule has 0 aliphatic rings. The molecule has 1 rings (SSSR count). The Morgan fingerprint density at radius 1 is 1.71 bits per heavy atom. The average molecular weight is 215 g/mol. The number of nitrogens with two attached hydrogens (primary N) is 1. The predicted molar refractivity (Wildman–Crippen MR) is 53.2 cm³/mol. The highest BCUT2D eigenvalue weighted by Crippen LogP contribution is 2.18. The molecule has 76 valence electrons. The van der Waals surface area contributed by atoms with Gasteiger partial charge in [0.05, 0.1) is 6.42 Å². The lowest BCUT2D eigenvalue weighted by atomic mass is 10.1. The van der Waals surface area contributed by atoms with Gasteiger partial charge in [-0.05, 0) is 24.6 Å². The Kier molecular flexibility index (Phi) is 3.43. The van der Waals surface area contributed by atoms with Crippen molar-refractivity contribution in [2.24, 2.45) is 5.73 Å². The van der Waals surface area contributed by atoms with Crippen molar-refractivity contribution in [1.82, 2.24) is 4.98 Å². The molecule has 3 N–H and O–H groups in total. The van der Waals surface area contributed by atoms with Gasteiger partial charge >= 0.3 is 5.97 Å². The van der Waals surface area contributed by atoms with Crippen LogP contribution in [0, 0.1) is 6.92 Å². The van der Waals surface area contributed by atoms with E-state index in [4.69, 9.17) is 22.4 Å². The molecule has 0 radical (unpaired) electrons. The summed E-state index contributed by atoms with van der Waals surface area (Å²) in [5.74, 6) is -0.928. The van der Waals surface area contributed by atoms with Crippen LogP contribution in [0.5, 0.6) is 0 Å². The van der Waals surface area contributed by atoms with Crippen LogP contribution < -0.4 is 5.73 Å². The highest BCUT2D eigenvalue weighted by molar-refractivity contribution is 6.29. The van der Waals surface area contributed by atoms with Crippen LogP contribution in [0.3, 0.4) is 0 Å². The number of aromatic nitrogens is 1. The molecule has 1 aromatic heterocycles. The molecular weight excluding hydrogens is 204 g/mol. The molecule has 1 heterocycles. The van der Waals surface area contributed by atoms with Gasteiger partial charge in [-0.3, -0.25) is 4.79 Å². The van der Waals surface area contributed by atoms with Crippen molar-refractivity contribution in [2.75, 3.05) is 0 Å². The highest BCUT2D eigenvalue weighted by atomic mass is 35.5. The van der Waals surface area contributed by atoms with Crippen LogP contribution in [0.25, 0.3) is 0 Å². The van der Waals surface area contributed by atoms with Gasteiger partial charge in [-0.1, -0.05) is 11.6 Å². The van der Waals surface area contributed by atoms with Crippen molar-refractivity contribution in [2.45, 2.75) is 19.4 Å². The standard InChI is InChI=1S/C9H11ClN2O2/c1-5-2-6(3-8(10)12-5)7(11)4-9(13)14/h2-3,7H,4,11H2,1H3,(H,13,14)/t7-/m1/s1. The van der Waals surface area contributed by atoms with Crippen molar-refractivity contribution in [3.8, 4) is 0 Å². The highest BCUT2D eigenvalue weighted by Gasteiger charge is 2.11. The van der Waals surface area contributed by atoms with E-state index in [1.165, 1.54) is 0 Å². The zero-order valence-corrected chi connectivity index (χ0v) is 8.45. The third-order valence-corrected chi connectivity index (χ3v) is 1.96. The summed E-state index contributed by atoms with van der Waals surface area (Å²) in [7, 11) is 0. The Hall–Kier alpha value is -1.13. The fourth-order valence-electron chi connectivity index (χ4n) is 1.17. The quantitative estimate of drug-likeness (QED) is 0.748. The third-order valence-electron chi connectivity index (χ3n) is 1.77. The zero-order chi connectivity index (χ0) is 10.7. The summed E-state index contributed by atoms with van der Waals surface area (Å²) in [6.07, 6.45) is -0.111. The minimum atomic E-state index is -0.928. The van der Waals surface area contributed by atoms with Crippen LogP contribution in [0.4, 0.5) is 0 Å². The van der Waals surface area contributed by atoms with Crippen LogP contribution in [-0.4, -0.2) is 16.1 Å². The molecule has 1 aromatic rings. The molecule has 0 amide bonds. The van der Waals surface area contributed by atoms with Crippen molar-refractivity contribution < 1.29 is 9.90 Å². The maximum atomic E-state index is 10.4. The molecule has 0 aromatic carbocycles. The number of hydrogen-bond donors (Lipinski definition) is 2. The van der Waals surface area contributed by atoms with Gasteiger partial charge in [0.25, 0.3) is 0 Å². The van der Waals surface area contributed by atoms with Crippen LogP contribution >= 0.6 is 11.6 Å². The van der Waals surface area contributed by atoms with Crippen LogP contribution in [-0.2, 0) is 4.79 Å². The van der Waals surface area contributed by atoms with Gasteiger partial charge in [-0.25, -0.2) is 4.98 Å². The lowest BCUT2D eigenvalue weighted by Gasteiger charge is -2.09. The third kappa shape index (κ3) is 2.97. The maximum absolute atomic E-state index is 10.4. The molecule has 0 spiro atoms. The van der Waals surface area contributed by atoms with Gasteiger partial charge < -0.3 is 10.8 Å². The topological polar surface area (TPSA) is 76.2 Å².